The fourth-order valence-corrected chi connectivity index (χ4v) is 0. The van der Waals surface area contributed by atoms with E-state index in [-0.39, 0.29) is 18.1 Å². The van der Waals surface area contributed by atoms with Crippen molar-refractivity contribution in [3.05, 3.63) is 0 Å². The molecule has 0 aromatic carbocycles. The van der Waals surface area contributed by atoms with Crippen LogP contribution in [0.5, 0.6) is 0 Å². The molecule has 9 heteroatoms. The van der Waals surface area contributed by atoms with Crippen LogP contribution in [-0.4, -0.2) is 31.7 Å². The minimum absolute atomic E-state index is 0. The molecular formula is C4H17N2O6P. The van der Waals surface area contributed by atoms with Crippen LogP contribution in [0.25, 0.3) is 0 Å². The van der Waals surface area contributed by atoms with E-state index in [1.54, 1.807) is 0 Å². The van der Waals surface area contributed by atoms with Gasteiger partial charge in [-0.3, -0.25) is 4.79 Å². The lowest BCUT2D eigenvalue weighted by Gasteiger charge is -1.90. The Labute approximate surface area is 76.0 Å². The average molecular weight is 220 g/mol. The third kappa shape index (κ3) is 81.2. The fourth-order valence-electron chi connectivity index (χ4n) is 0. The summed E-state index contributed by atoms with van der Waals surface area (Å²) in [5.41, 5.74) is 0. The second-order valence-electron chi connectivity index (χ2n) is 1.80. The molecule has 0 fully saturated rings. The fraction of sp³-hybridized carbons (Fsp3) is 0.750. The smallest absolute Gasteiger partial charge is 0.386 e. The van der Waals surface area contributed by atoms with Crippen LogP contribution < -0.4 is 12.3 Å². The molecule has 84 valence electrons. The summed E-state index contributed by atoms with van der Waals surface area (Å²) < 4.78 is 8.88. The van der Waals surface area contributed by atoms with Gasteiger partial charge in [0.15, 0.2) is 5.78 Å². The second-order valence-corrected chi connectivity index (χ2v) is 2.83. The van der Waals surface area contributed by atoms with Gasteiger partial charge < -0.3 is 32.1 Å². The van der Waals surface area contributed by atoms with Gasteiger partial charge in [-0.15, -0.1) is 0 Å². The molecule has 0 radical (unpaired) electrons. The lowest BCUT2D eigenvalue weighted by Crippen LogP contribution is -2.10. The monoisotopic (exact) mass is 220 g/mol. The normalized spacial score (nSPS) is 10.9. The van der Waals surface area contributed by atoms with Crippen molar-refractivity contribution in [2.45, 2.75) is 20.0 Å². The molecule has 10 N–H and O–H groups in total. The number of ketones is 1. The van der Waals surface area contributed by atoms with Crippen molar-refractivity contribution in [3.63, 3.8) is 0 Å². The zero-order valence-corrected chi connectivity index (χ0v) is 8.44. The Hall–Kier alpha value is -0.340. The van der Waals surface area contributed by atoms with Crippen molar-refractivity contribution in [3.8, 4) is 0 Å². The molecule has 0 aromatic heterocycles. The molecule has 0 rings (SSSR count). The Balaban J connectivity index is -0.0000000546. The first-order valence-corrected chi connectivity index (χ1v) is 4.18. The summed E-state index contributed by atoms with van der Waals surface area (Å²) in [6, 6.07) is 0. The Morgan fingerprint density at radius 3 is 1.31 bits per heavy atom. The molecule has 0 spiro atoms. The molecule has 0 aromatic rings. The summed E-state index contributed by atoms with van der Waals surface area (Å²) >= 11 is 0. The number of hydrogen-bond donors (Lipinski definition) is 6. The van der Waals surface area contributed by atoms with Gasteiger partial charge in [-0.25, -0.2) is 4.57 Å². The summed E-state index contributed by atoms with van der Waals surface area (Å²) in [5.74, 6) is -0.185. The van der Waals surface area contributed by atoms with Gasteiger partial charge in [0.05, 0.1) is 0 Å². The first kappa shape index (κ1) is 23.0. The minimum atomic E-state index is -4.64. The van der Waals surface area contributed by atoms with Gasteiger partial charge in [0, 0.05) is 0 Å². The van der Waals surface area contributed by atoms with E-state index in [2.05, 4.69) is 0 Å². The molecule has 1 unspecified atom stereocenters. The van der Waals surface area contributed by atoms with E-state index >= 15 is 0 Å². The topological polar surface area (TPSA) is 185 Å². The maximum atomic E-state index is 9.89. The molecule has 13 heavy (non-hydrogen) atoms. The Morgan fingerprint density at radius 2 is 1.31 bits per heavy atom. The summed E-state index contributed by atoms with van der Waals surface area (Å²) in [6.07, 6.45) is -0.787. The van der Waals surface area contributed by atoms with Gasteiger partial charge in [0.1, 0.15) is 6.10 Å². The Kier molecular flexibility index (Phi) is 17.2. The van der Waals surface area contributed by atoms with Crippen LogP contribution in [0, 0.1) is 0 Å². The molecule has 0 saturated carbocycles. The molecule has 0 heterocycles. The highest BCUT2D eigenvalue weighted by molar-refractivity contribution is 7.45. The molecule has 1 atom stereocenters. The van der Waals surface area contributed by atoms with Crippen LogP contribution in [-0.2, 0) is 9.36 Å². The van der Waals surface area contributed by atoms with Gasteiger partial charge in [0.25, 0.3) is 0 Å². The van der Waals surface area contributed by atoms with Crippen LogP contribution in [0.1, 0.15) is 13.8 Å². The summed E-state index contributed by atoms with van der Waals surface area (Å²) in [4.78, 5) is 31.5. The highest BCUT2D eigenvalue weighted by Crippen LogP contribution is 2.25. The van der Waals surface area contributed by atoms with Crippen LogP contribution >= 0.6 is 7.82 Å². The second kappa shape index (κ2) is 9.75. The number of Topliss-reactive ketones (excluding diaryl/α,β-unsaturated/α-hetero) is 1. The zero-order chi connectivity index (χ0) is 9.65. The molecular weight excluding hydrogens is 203 g/mol. The number of aliphatic hydroxyl groups excluding tert-OH is 1. The molecule has 0 bridgehead atoms. The first-order valence-electron chi connectivity index (χ1n) is 2.61. The maximum Gasteiger partial charge on any atom is 0.466 e. The maximum absolute atomic E-state index is 9.89. The van der Waals surface area contributed by atoms with Crippen LogP contribution in [0.15, 0.2) is 0 Å². The highest BCUT2D eigenvalue weighted by atomic mass is 31.2. The summed E-state index contributed by atoms with van der Waals surface area (Å²) in [5, 5.41) is 8.28. The van der Waals surface area contributed by atoms with E-state index in [4.69, 9.17) is 24.4 Å². The van der Waals surface area contributed by atoms with E-state index in [0.717, 1.165) is 0 Å². The molecule has 0 amide bonds. The standard InChI is InChI=1S/C4H8O2.2H3N.H3O4P/c1-3(5)4(2)6;;;1-5(2,3)4/h3,5H,1-2H3;2*1H3;(H3,1,2,3,4). The van der Waals surface area contributed by atoms with Gasteiger partial charge in [-0.05, 0) is 13.8 Å². The van der Waals surface area contributed by atoms with E-state index in [0.29, 0.717) is 0 Å². The molecule has 0 aliphatic rings. The molecule has 0 saturated heterocycles. The number of carbonyl (C=O) groups excluding carboxylic acids is 1. The molecule has 0 aliphatic carbocycles. The number of rotatable bonds is 1. The zero-order valence-electron chi connectivity index (χ0n) is 7.54. The van der Waals surface area contributed by atoms with Gasteiger partial charge in [-0.2, -0.15) is 0 Å². The lowest BCUT2D eigenvalue weighted by atomic mass is 10.3. The summed E-state index contributed by atoms with van der Waals surface area (Å²) in [6.45, 7) is 2.80. The lowest BCUT2D eigenvalue weighted by molar-refractivity contribution is -0.124. The van der Waals surface area contributed by atoms with Crippen LogP contribution in [0.3, 0.4) is 0 Å². The third-order valence-electron chi connectivity index (χ3n) is 0.588. The predicted octanol–water partition coefficient (Wildman–Crippen LogP) is -0.648. The van der Waals surface area contributed by atoms with Crippen molar-refractivity contribution in [2.75, 3.05) is 0 Å². The van der Waals surface area contributed by atoms with Crippen LogP contribution in [0.2, 0.25) is 0 Å². The third-order valence-corrected chi connectivity index (χ3v) is 0.588. The van der Waals surface area contributed by atoms with Crippen molar-refractivity contribution in [1.29, 1.82) is 0 Å². The van der Waals surface area contributed by atoms with Crippen molar-refractivity contribution in [1.82, 2.24) is 12.3 Å². The number of aliphatic hydroxyl groups is 1. The molecule has 8 nitrogen and oxygen atoms in total. The average Bonchev–Trinajstić information content (AvgIpc) is 1.59. The molecule has 0 aliphatic heterocycles. The summed E-state index contributed by atoms with van der Waals surface area (Å²) in [7, 11) is -4.64. The van der Waals surface area contributed by atoms with Gasteiger partial charge in [-0.1, -0.05) is 0 Å². The first-order chi connectivity index (χ1) is 4.64. The van der Waals surface area contributed by atoms with E-state index < -0.39 is 13.9 Å². The SMILES string of the molecule is CC(=O)C(C)O.N.N.O=P(O)(O)O. The number of carbonyl (C=O) groups is 1. The van der Waals surface area contributed by atoms with Crippen molar-refractivity contribution < 1.29 is 29.1 Å². The van der Waals surface area contributed by atoms with E-state index in [1.165, 1.54) is 13.8 Å². The highest BCUT2D eigenvalue weighted by Gasteiger charge is 2.00. The van der Waals surface area contributed by atoms with Crippen molar-refractivity contribution >= 4 is 13.6 Å². The van der Waals surface area contributed by atoms with Gasteiger partial charge >= 0.3 is 7.82 Å². The predicted molar refractivity (Wildman–Crippen MR) is 46.7 cm³/mol. The Bertz CT molecular complexity index is 158. The van der Waals surface area contributed by atoms with E-state index in [9.17, 15) is 4.79 Å². The van der Waals surface area contributed by atoms with E-state index in [1.807, 2.05) is 0 Å². The van der Waals surface area contributed by atoms with Crippen LogP contribution in [0.4, 0.5) is 0 Å². The largest absolute Gasteiger partial charge is 0.466 e. The quantitative estimate of drug-likeness (QED) is 0.314. The Morgan fingerprint density at radius 1 is 1.23 bits per heavy atom. The number of phosphoric acid groups is 1. The van der Waals surface area contributed by atoms with Gasteiger partial charge in [0.2, 0.25) is 0 Å². The minimum Gasteiger partial charge on any atom is -0.386 e. The van der Waals surface area contributed by atoms with Crippen molar-refractivity contribution in [2.24, 2.45) is 0 Å². The number of hydrogen-bond acceptors (Lipinski definition) is 5.